The summed E-state index contributed by atoms with van der Waals surface area (Å²) in [6.45, 7) is 6.27. The fraction of sp³-hybridized carbons (Fsp3) is 0.440. The summed E-state index contributed by atoms with van der Waals surface area (Å²) in [5, 5.41) is 3.15. The van der Waals surface area contributed by atoms with E-state index in [1.54, 1.807) is 12.4 Å². The molecule has 2 aromatic heterocycles. The zero-order valence-electron chi connectivity index (χ0n) is 19.9. The predicted octanol–water partition coefficient (Wildman–Crippen LogP) is 5.28. The van der Waals surface area contributed by atoms with Gasteiger partial charge in [-0.2, -0.15) is 0 Å². The number of hydrogen-bond acceptors (Lipinski definition) is 7. The van der Waals surface area contributed by atoms with Gasteiger partial charge in [-0.05, 0) is 71.1 Å². The van der Waals surface area contributed by atoms with Crippen molar-refractivity contribution in [2.75, 3.05) is 44.5 Å². The summed E-state index contributed by atoms with van der Waals surface area (Å²) in [4.78, 5) is 13.3. The highest BCUT2D eigenvalue weighted by atomic mass is 19.1. The van der Waals surface area contributed by atoms with Gasteiger partial charge < -0.3 is 24.3 Å². The number of rotatable bonds is 7. The van der Waals surface area contributed by atoms with Gasteiger partial charge in [-0.1, -0.05) is 0 Å². The Morgan fingerprint density at radius 2 is 1.94 bits per heavy atom. The number of halogens is 1. The van der Waals surface area contributed by atoms with E-state index in [1.807, 2.05) is 37.9 Å². The minimum atomic E-state index is -0.447. The fourth-order valence-electron chi connectivity index (χ4n) is 4.08. The highest BCUT2D eigenvalue weighted by molar-refractivity contribution is 5.71. The Morgan fingerprint density at radius 1 is 1.18 bits per heavy atom. The van der Waals surface area contributed by atoms with Gasteiger partial charge in [0.2, 0.25) is 0 Å². The minimum Gasteiger partial charge on any atom is -0.492 e. The number of oxazole rings is 1. The molecule has 0 bridgehead atoms. The number of ether oxygens (including phenoxy) is 1. The molecule has 0 aliphatic carbocycles. The summed E-state index contributed by atoms with van der Waals surface area (Å²) in [5.41, 5.74) is 3.16. The molecule has 0 amide bonds. The number of nitrogens with one attached hydrogen (secondary N) is 1. The number of piperidine rings is 1. The summed E-state index contributed by atoms with van der Waals surface area (Å²) in [5.74, 6) is 0.737. The van der Waals surface area contributed by atoms with Crippen LogP contribution in [0.3, 0.4) is 0 Å². The smallest absolute Gasteiger partial charge is 0.299 e. The molecule has 3 aromatic rings. The molecule has 0 saturated carbocycles. The van der Waals surface area contributed by atoms with Crippen molar-refractivity contribution in [2.45, 2.75) is 38.6 Å². The van der Waals surface area contributed by atoms with Crippen molar-refractivity contribution < 1.29 is 13.5 Å². The lowest BCUT2D eigenvalue weighted by molar-refractivity contribution is 0.253. The van der Waals surface area contributed by atoms with Crippen LogP contribution in [0.25, 0.3) is 11.3 Å². The molecule has 1 aliphatic rings. The SMILES string of the molecule is COc1c(F)cc(-c2cnc(Nc3ccc(C4CCN(C)CC4)nc3)o2)cc1N(C)C(C)C. The second-order valence-electron chi connectivity index (χ2n) is 8.92. The van der Waals surface area contributed by atoms with Crippen LogP contribution in [0.1, 0.15) is 38.3 Å². The quantitative estimate of drug-likeness (QED) is 0.522. The zero-order chi connectivity index (χ0) is 23.5. The third-order valence-corrected chi connectivity index (χ3v) is 6.35. The van der Waals surface area contributed by atoms with Gasteiger partial charge in [-0.3, -0.25) is 4.98 Å². The highest BCUT2D eigenvalue weighted by Gasteiger charge is 2.21. The lowest BCUT2D eigenvalue weighted by Gasteiger charge is -2.28. The molecule has 7 nitrogen and oxygen atoms in total. The minimum absolute atomic E-state index is 0.172. The predicted molar refractivity (Wildman–Crippen MR) is 129 cm³/mol. The third kappa shape index (κ3) is 5.11. The molecule has 0 radical (unpaired) electrons. The van der Waals surface area contributed by atoms with Crippen LogP contribution >= 0.6 is 0 Å². The summed E-state index contributed by atoms with van der Waals surface area (Å²) in [6.07, 6.45) is 5.65. The standard InChI is InChI=1S/C25H32FN5O2/c1-16(2)31(4)22-13-18(12-20(26)24(22)32-5)23-15-28-25(33-23)29-19-6-7-21(27-14-19)17-8-10-30(3)11-9-17/h6-7,12-17H,8-11H2,1-5H3,(H,28,29). The molecular weight excluding hydrogens is 421 g/mol. The number of nitrogens with zero attached hydrogens (tertiary/aromatic N) is 4. The van der Waals surface area contributed by atoms with E-state index in [1.165, 1.54) is 13.2 Å². The van der Waals surface area contributed by atoms with Crippen molar-refractivity contribution in [3.63, 3.8) is 0 Å². The van der Waals surface area contributed by atoms with E-state index in [0.29, 0.717) is 28.9 Å². The van der Waals surface area contributed by atoms with E-state index >= 15 is 0 Å². The Balaban J connectivity index is 1.50. The number of hydrogen-bond donors (Lipinski definition) is 1. The summed E-state index contributed by atoms with van der Waals surface area (Å²) < 4.78 is 25.9. The number of anilines is 3. The molecule has 176 valence electrons. The lowest BCUT2D eigenvalue weighted by atomic mass is 9.93. The van der Waals surface area contributed by atoms with Crippen molar-refractivity contribution in [2.24, 2.45) is 0 Å². The Morgan fingerprint density at radius 3 is 2.58 bits per heavy atom. The van der Waals surface area contributed by atoms with Gasteiger partial charge in [-0.25, -0.2) is 9.37 Å². The molecule has 0 unspecified atom stereocenters. The van der Waals surface area contributed by atoms with E-state index in [-0.39, 0.29) is 11.8 Å². The highest BCUT2D eigenvalue weighted by Crippen LogP contribution is 2.37. The first-order chi connectivity index (χ1) is 15.9. The molecule has 1 aromatic carbocycles. The summed E-state index contributed by atoms with van der Waals surface area (Å²) in [7, 11) is 5.53. The van der Waals surface area contributed by atoms with Crippen LogP contribution < -0.4 is 15.0 Å². The summed E-state index contributed by atoms with van der Waals surface area (Å²) in [6, 6.07) is 7.81. The van der Waals surface area contributed by atoms with Crippen molar-refractivity contribution in [3.05, 3.63) is 48.2 Å². The van der Waals surface area contributed by atoms with Crippen molar-refractivity contribution >= 4 is 17.4 Å². The molecule has 1 N–H and O–H groups in total. The fourth-order valence-corrected chi connectivity index (χ4v) is 4.08. The van der Waals surface area contributed by atoms with Crippen LogP contribution in [-0.2, 0) is 0 Å². The van der Waals surface area contributed by atoms with Crippen molar-refractivity contribution in [1.29, 1.82) is 0 Å². The van der Waals surface area contributed by atoms with Crippen LogP contribution in [-0.4, -0.2) is 55.2 Å². The van der Waals surface area contributed by atoms with Crippen LogP contribution in [0.2, 0.25) is 0 Å². The van der Waals surface area contributed by atoms with E-state index < -0.39 is 5.82 Å². The molecule has 8 heteroatoms. The van der Waals surface area contributed by atoms with Gasteiger partial charge in [0.1, 0.15) is 0 Å². The Labute approximate surface area is 194 Å². The van der Waals surface area contributed by atoms with E-state index in [0.717, 1.165) is 37.3 Å². The second-order valence-corrected chi connectivity index (χ2v) is 8.92. The lowest BCUT2D eigenvalue weighted by Crippen LogP contribution is -2.29. The van der Waals surface area contributed by atoms with Gasteiger partial charge in [0.15, 0.2) is 17.3 Å². The normalized spacial score (nSPS) is 15.1. The molecule has 1 aliphatic heterocycles. The molecule has 4 rings (SSSR count). The Bertz CT molecular complexity index is 1070. The maximum absolute atomic E-state index is 14.7. The monoisotopic (exact) mass is 453 g/mol. The van der Waals surface area contributed by atoms with Gasteiger partial charge >= 0.3 is 0 Å². The van der Waals surface area contributed by atoms with E-state index in [9.17, 15) is 4.39 Å². The van der Waals surface area contributed by atoms with Crippen LogP contribution in [0.4, 0.5) is 21.8 Å². The maximum Gasteiger partial charge on any atom is 0.299 e. The van der Waals surface area contributed by atoms with Crippen LogP contribution in [0.5, 0.6) is 5.75 Å². The average Bonchev–Trinajstić information content (AvgIpc) is 3.27. The molecule has 1 saturated heterocycles. The largest absolute Gasteiger partial charge is 0.492 e. The number of benzene rings is 1. The molecule has 3 heterocycles. The first kappa shape index (κ1) is 23.0. The number of likely N-dealkylation sites (tertiary alicyclic amines) is 1. The molecule has 33 heavy (non-hydrogen) atoms. The molecule has 1 fully saturated rings. The van der Waals surface area contributed by atoms with Gasteiger partial charge in [0.05, 0.1) is 30.9 Å². The Kier molecular flexibility index (Phi) is 6.83. The second kappa shape index (κ2) is 9.79. The van der Waals surface area contributed by atoms with Crippen molar-refractivity contribution in [3.8, 4) is 17.1 Å². The number of methoxy groups -OCH3 is 1. The summed E-state index contributed by atoms with van der Waals surface area (Å²) >= 11 is 0. The molecule has 0 spiro atoms. The van der Waals surface area contributed by atoms with Gasteiger partial charge in [-0.15, -0.1) is 0 Å². The van der Waals surface area contributed by atoms with Gasteiger partial charge in [0.25, 0.3) is 6.01 Å². The molecular formula is C25H32FN5O2. The number of aromatic nitrogens is 2. The molecule has 0 atom stereocenters. The van der Waals surface area contributed by atoms with E-state index in [2.05, 4.69) is 33.3 Å². The third-order valence-electron chi connectivity index (χ3n) is 6.35. The Hall–Kier alpha value is -3.13. The van der Waals surface area contributed by atoms with Crippen LogP contribution in [0, 0.1) is 5.82 Å². The average molecular weight is 454 g/mol. The first-order valence-corrected chi connectivity index (χ1v) is 11.3. The maximum atomic E-state index is 14.7. The van der Waals surface area contributed by atoms with Gasteiger partial charge in [0, 0.05) is 30.3 Å². The number of pyridine rings is 1. The zero-order valence-corrected chi connectivity index (χ0v) is 19.9. The van der Waals surface area contributed by atoms with E-state index in [4.69, 9.17) is 9.15 Å². The topological polar surface area (TPSA) is 66.7 Å². The van der Waals surface area contributed by atoms with Crippen molar-refractivity contribution in [1.82, 2.24) is 14.9 Å². The van der Waals surface area contributed by atoms with Crippen LogP contribution in [0.15, 0.2) is 41.1 Å². The first-order valence-electron chi connectivity index (χ1n) is 11.3.